The third-order valence-electron chi connectivity index (χ3n) is 2.15. The van der Waals surface area contributed by atoms with Gasteiger partial charge in [-0.05, 0) is 24.5 Å². The molecule has 3 nitrogen and oxygen atoms in total. The van der Waals surface area contributed by atoms with Crippen molar-refractivity contribution in [1.82, 2.24) is 0 Å². The molecule has 1 aromatic carbocycles. The first-order valence-corrected chi connectivity index (χ1v) is 5.85. The van der Waals surface area contributed by atoms with E-state index in [2.05, 4.69) is 35.6 Å². The lowest BCUT2D eigenvalue weighted by Gasteiger charge is -2.10. The summed E-state index contributed by atoms with van der Waals surface area (Å²) in [5.74, 6) is 0.620. The Morgan fingerprint density at radius 2 is 1.82 bits per heavy atom. The Labute approximate surface area is 104 Å². The molecular weight excluding hydrogens is 214 g/mol. The van der Waals surface area contributed by atoms with E-state index in [-0.39, 0.29) is 0 Å². The summed E-state index contributed by atoms with van der Waals surface area (Å²) in [5, 5.41) is 0. The van der Waals surface area contributed by atoms with Gasteiger partial charge in [-0.3, -0.25) is 4.79 Å². The largest absolute Gasteiger partial charge is 0.468 e. The van der Waals surface area contributed by atoms with Gasteiger partial charge in [0.05, 0.1) is 6.61 Å². The number of hydrogen-bond acceptors (Lipinski definition) is 3. The minimum Gasteiger partial charge on any atom is -0.468 e. The molecule has 0 radical (unpaired) electrons. The highest BCUT2D eigenvalue weighted by molar-refractivity contribution is 5.43. The van der Waals surface area contributed by atoms with Gasteiger partial charge >= 0.3 is 0 Å². The molecule has 0 fully saturated rings. The molecule has 0 amide bonds. The van der Waals surface area contributed by atoms with Gasteiger partial charge in [-0.1, -0.05) is 32.0 Å². The molecule has 0 N–H and O–H groups in total. The van der Waals surface area contributed by atoms with Crippen LogP contribution in [0.4, 0.5) is 5.69 Å². The van der Waals surface area contributed by atoms with E-state index in [9.17, 15) is 4.79 Å². The molecule has 17 heavy (non-hydrogen) atoms. The molecule has 3 heteroatoms. The smallest absolute Gasteiger partial charge is 0.293 e. The summed E-state index contributed by atoms with van der Waals surface area (Å²) in [4.78, 5) is 11.6. The Morgan fingerprint density at radius 1 is 1.24 bits per heavy atom. The number of carbonyl (C=O) groups excluding carboxylic acids is 1. The second-order valence-electron chi connectivity index (χ2n) is 4.38. The van der Waals surface area contributed by atoms with E-state index < -0.39 is 0 Å². The minimum absolute atomic E-state index is 0.488. The molecule has 0 saturated carbocycles. The highest BCUT2D eigenvalue weighted by atomic mass is 16.5. The highest BCUT2D eigenvalue weighted by Gasteiger charge is 1.90. The van der Waals surface area contributed by atoms with Crippen LogP contribution in [-0.4, -0.2) is 27.2 Å². The quantitative estimate of drug-likeness (QED) is 0.582. The Kier molecular flexibility index (Phi) is 8.84. The van der Waals surface area contributed by atoms with Crippen molar-refractivity contribution >= 4 is 12.2 Å². The van der Waals surface area contributed by atoms with Crippen molar-refractivity contribution < 1.29 is 9.53 Å². The number of nitrogens with zero attached hydrogens (tertiary/aromatic N) is 1. The van der Waals surface area contributed by atoms with Gasteiger partial charge in [0.2, 0.25) is 0 Å². The Morgan fingerprint density at radius 3 is 2.18 bits per heavy atom. The van der Waals surface area contributed by atoms with Crippen LogP contribution in [0.25, 0.3) is 0 Å². The molecule has 0 bridgehead atoms. The summed E-state index contributed by atoms with van der Waals surface area (Å²) in [6, 6.07) is 10.3. The van der Waals surface area contributed by atoms with Crippen LogP contribution in [0.3, 0.4) is 0 Å². The van der Waals surface area contributed by atoms with Gasteiger partial charge in [0.25, 0.3) is 6.47 Å². The molecule has 0 atom stereocenters. The number of hydrogen-bond donors (Lipinski definition) is 0. The number of para-hydroxylation sites is 1. The van der Waals surface area contributed by atoms with Crippen molar-refractivity contribution in [3.05, 3.63) is 30.3 Å². The lowest BCUT2D eigenvalue weighted by molar-refractivity contribution is -0.128. The van der Waals surface area contributed by atoms with Crippen LogP contribution in [-0.2, 0) is 9.53 Å². The monoisotopic (exact) mass is 237 g/mol. The Bertz CT molecular complexity index is 284. The maximum absolute atomic E-state index is 9.56. The van der Waals surface area contributed by atoms with Crippen LogP contribution in [0.5, 0.6) is 0 Å². The first-order chi connectivity index (χ1) is 8.07. The van der Waals surface area contributed by atoms with E-state index in [4.69, 9.17) is 0 Å². The first-order valence-electron chi connectivity index (χ1n) is 5.85. The van der Waals surface area contributed by atoms with Gasteiger partial charge < -0.3 is 9.64 Å². The predicted octanol–water partition coefficient (Wildman–Crippen LogP) is 2.96. The summed E-state index contributed by atoms with van der Waals surface area (Å²) >= 11 is 0. The number of rotatable bonds is 5. The normalized spacial score (nSPS) is 9.24. The van der Waals surface area contributed by atoms with Gasteiger partial charge in [-0.15, -0.1) is 0 Å². The molecular formula is C14H23NO2. The fourth-order valence-corrected chi connectivity index (χ4v) is 1.08. The lowest BCUT2D eigenvalue weighted by atomic mass is 10.1. The average Bonchev–Trinajstić information content (AvgIpc) is 2.31. The van der Waals surface area contributed by atoms with E-state index in [0.29, 0.717) is 19.0 Å². The maximum Gasteiger partial charge on any atom is 0.293 e. The molecule has 0 spiro atoms. The van der Waals surface area contributed by atoms with E-state index in [0.717, 1.165) is 6.42 Å². The van der Waals surface area contributed by atoms with Crippen LogP contribution in [0.1, 0.15) is 20.3 Å². The van der Waals surface area contributed by atoms with E-state index in [1.165, 1.54) is 5.69 Å². The molecule has 96 valence electrons. The van der Waals surface area contributed by atoms with Crippen LogP contribution < -0.4 is 4.90 Å². The third kappa shape index (κ3) is 9.42. The second kappa shape index (κ2) is 9.70. The summed E-state index contributed by atoms with van der Waals surface area (Å²) in [5.41, 5.74) is 1.25. The number of ether oxygens (including phenoxy) is 1. The molecule has 0 aromatic heterocycles. The predicted molar refractivity (Wildman–Crippen MR) is 72.2 cm³/mol. The zero-order chi connectivity index (χ0) is 13.1. The van der Waals surface area contributed by atoms with Crippen molar-refractivity contribution in [3.8, 4) is 0 Å². The highest BCUT2D eigenvalue weighted by Crippen LogP contribution is 2.07. The van der Waals surface area contributed by atoms with Crippen LogP contribution >= 0.6 is 0 Å². The van der Waals surface area contributed by atoms with Gasteiger partial charge in [-0.2, -0.15) is 0 Å². The standard InChI is InChI=1S/C8H11N.C6H12O2/c1-9(2)8-6-4-3-5-7-8;1-6(2)3-4-8-5-7/h3-7H,1-2H3;5-6H,3-4H2,1-2H3. The zero-order valence-electron chi connectivity index (χ0n) is 11.2. The Hall–Kier alpha value is -1.51. The zero-order valence-corrected chi connectivity index (χ0v) is 11.2. The Balaban J connectivity index is 0.000000304. The fraction of sp³-hybridized carbons (Fsp3) is 0.500. The van der Waals surface area contributed by atoms with E-state index in [1.807, 2.05) is 32.3 Å². The fourth-order valence-electron chi connectivity index (χ4n) is 1.08. The van der Waals surface area contributed by atoms with Gasteiger partial charge in [-0.25, -0.2) is 0 Å². The molecule has 0 aliphatic rings. The minimum atomic E-state index is 0.488. The van der Waals surface area contributed by atoms with Gasteiger partial charge in [0.15, 0.2) is 0 Å². The van der Waals surface area contributed by atoms with Gasteiger partial charge in [0, 0.05) is 19.8 Å². The molecule has 0 unspecified atom stereocenters. The van der Waals surface area contributed by atoms with E-state index in [1.54, 1.807) is 0 Å². The summed E-state index contributed by atoms with van der Waals surface area (Å²) in [6.45, 7) is 5.23. The summed E-state index contributed by atoms with van der Waals surface area (Å²) in [6.07, 6.45) is 0.957. The lowest BCUT2D eigenvalue weighted by Crippen LogP contribution is -2.07. The third-order valence-corrected chi connectivity index (χ3v) is 2.15. The van der Waals surface area contributed by atoms with Crippen molar-refractivity contribution in [2.75, 3.05) is 25.6 Å². The van der Waals surface area contributed by atoms with Crippen molar-refractivity contribution in [1.29, 1.82) is 0 Å². The van der Waals surface area contributed by atoms with Gasteiger partial charge in [0.1, 0.15) is 0 Å². The average molecular weight is 237 g/mol. The number of carbonyl (C=O) groups is 1. The molecule has 1 aromatic rings. The number of anilines is 1. The second-order valence-corrected chi connectivity index (χ2v) is 4.38. The van der Waals surface area contributed by atoms with E-state index >= 15 is 0 Å². The summed E-state index contributed by atoms with van der Waals surface area (Å²) < 4.78 is 4.46. The summed E-state index contributed by atoms with van der Waals surface area (Å²) in [7, 11) is 4.07. The molecule has 0 aliphatic carbocycles. The van der Waals surface area contributed by atoms with Crippen molar-refractivity contribution in [2.24, 2.45) is 5.92 Å². The molecule has 0 heterocycles. The van der Waals surface area contributed by atoms with Crippen LogP contribution in [0.2, 0.25) is 0 Å². The van der Waals surface area contributed by atoms with Crippen LogP contribution in [0.15, 0.2) is 30.3 Å². The number of benzene rings is 1. The molecule has 1 rings (SSSR count). The van der Waals surface area contributed by atoms with Crippen molar-refractivity contribution in [2.45, 2.75) is 20.3 Å². The van der Waals surface area contributed by atoms with Crippen LogP contribution in [0, 0.1) is 5.92 Å². The molecule has 0 saturated heterocycles. The molecule has 0 aliphatic heterocycles. The topological polar surface area (TPSA) is 29.5 Å². The first kappa shape index (κ1) is 15.5. The SMILES string of the molecule is CC(C)CCOC=O.CN(C)c1ccccc1. The van der Waals surface area contributed by atoms with Crippen molar-refractivity contribution in [3.63, 3.8) is 0 Å². The maximum atomic E-state index is 9.56.